The molecule has 0 spiro atoms. The van der Waals surface area contributed by atoms with Crippen molar-refractivity contribution in [3.05, 3.63) is 39.6 Å². The van der Waals surface area contributed by atoms with Gasteiger partial charge < -0.3 is 24.4 Å². The molecular formula is C21H22N2O5S. The molecule has 29 heavy (non-hydrogen) atoms. The average Bonchev–Trinajstić information content (AvgIpc) is 3.39. The Kier molecular flexibility index (Phi) is 4.89. The third-order valence-corrected chi connectivity index (χ3v) is 6.83. The maximum atomic E-state index is 12.8. The van der Waals surface area contributed by atoms with E-state index in [-0.39, 0.29) is 24.5 Å². The van der Waals surface area contributed by atoms with Crippen LogP contribution in [0.25, 0.3) is 0 Å². The van der Waals surface area contributed by atoms with Crippen molar-refractivity contribution < 1.29 is 23.8 Å². The van der Waals surface area contributed by atoms with E-state index in [9.17, 15) is 9.59 Å². The van der Waals surface area contributed by atoms with Gasteiger partial charge in [0.2, 0.25) is 12.7 Å². The number of carbonyl (C=O) groups is 2. The van der Waals surface area contributed by atoms with Crippen molar-refractivity contribution in [1.29, 1.82) is 0 Å². The molecule has 0 radical (unpaired) electrons. The minimum absolute atomic E-state index is 0.00164. The standard InChI is InChI=1S/C21H22N2O5S/c24-20(22-15-2-3-16-17(11-15)28-12-27-16)13-1-4-18-14(9-13)10-19(29-18)21(25)23-5-7-26-8-6-23/h2-3,10-11,13H,1,4-9,12H2,(H,22,24). The van der Waals surface area contributed by atoms with Gasteiger partial charge in [-0.2, -0.15) is 0 Å². The highest BCUT2D eigenvalue weighted by atomic mass is 32.1. The lowest BCUT2D eigenvalue weighted by molar-refractivity contribution is -0.120. The molecule has 1 N–H and O–H groups in total. The molecule has 1 aromatic carbocycles. The Balaban J connectivity index is 1.25. The molecule has 7 nitrogen and oxygen atoms in total. The highest BCUT2D eigenvalue weighted by Crippen LogP contribution is 2.36. The van der Waals surface area contributed by atoms with Crippen LogP contribution in [0.3, 0.4) is 0 Å². The van der Waals surface area contributed by atoms with Crippen molar-refractivity contribution in [1.82, 2.24) is 4.90 Å². The summed E-state index contributed by atoms with van der Waals surface area (Å²) in [6, 6.07) is 7.40. The van der Waals surface area contributed by atoms with E-state index in [2.05, 4.69) is 5.32 Å². The Bertz CT molecular complexity index is 951. The van der Waals surface area contributed by atoms with Gasteiger partial charge in [-0.15, -0.1) is 11.3 Å². The molecule has 1 aliphatic carbocycles. The van der Waals surface area contributed by atoms with Crippen molar-refractivity contribution >= 4 is 28.8 Å². The zero-order valence-corrected chi connectivity index (χ0v) is 16.8. The smallest absolute Gasteiger partial charge is 0.264 e. The summed E-state index contributed by atoms with van der Waals surface area (Å²) in [4.78, 5) is 29.4. The maximum absolute atomic E-state index is 12.8. The second-order valence-electron chi connectivity index (χ2n) is 7.46. The van der Waals surface area contributed by atoms with Crippen molar-refractivity contribution in [2.45, 2.75) is 19.3 Å². The van der Waals surface area contributed by atoms with E-state index in [0.717, 1.165) is 23.3 Å². The molecule has 2 amide bonds. The zero-order chi connectivity index (χ0) is 19.8. The molecule has 5 rings (SSSR count). The monoisotopic (exact) mass is 414 g/mol. The first-order valence-electron chi connectivity index (χ1n) is 9.86. The fourth-order valence-corrected chi connectivity index (χ4v) is 5.17. The zero-order valence-electron chi connectivity index (χ0n) is 15.9. The molecule has 2 aliphatic heterocycles. The van der Waals surface area contributed by atoms with E-state index >= 15 is 0 Å². The summed E-state index contributed by atoms with van der Waals surface area (Å²) in [6.07, 6.45) is 2.28. The van der Waals surface area contributed by atoms with Crippen LogP contribution in [0.5, 0.6) is 11.5 Å². The van der Waals surface area contributed by atoms with Crippen molar-refractivity contribution in [2.75, 3.05) is 38.4 Å². The Morgan fingerprint density at radius 2 is 1.93 bits per heavy atom. The van der Waals surface area contributed by atoms with Gasteiger partial charge in [0, 0.05) is 35.6 Å². The molecule has 1 fully saturated rings. The van der Waals surface area contributed by atoms with Gasteiger partial charge >= 0.3 is 0 Å². The highest BCUT2D eigenvalue weighted by Gasteiger charge is 2.29. The maximum Gasteiger partial charge on any atom is 0.264 e. The Morgan fingerprint density at radius 3 is 2.79 bits per heavy atom. The summed E-state index contributed by atoms with van der Waals surface area (Å²) in [5.74, 6) is 1.32. The van der Waals surface area contributed by atoms with Gasteiger partial charge in [-0.1, -0.05) is 0 Å². The number of hydrogen-bond donors (Lipinski definition) is 1. The number of amides is 2. The van der Waals surface area contributed by atoms with Crippen LogP contribution in [0.4, 0.5) is 5.69 Å². The number of anilines is 1. The van der Waals surface area contributed by atoms with Crippen molar-refractivity contribution in [3.8, 4) is 11.5 Å². The predicted octanol–water partition coefficient (Wildman–Crippen LogP) is 2.69. The average molecular weight is 414 g/mol. The number of ether oxygens (including phenoxy) is 3. The van der Waals surface area contributed by atoms with Crippen LogP contribution in [0.1, 0.15) is 26.5 Å². The topological polar surface area (TPSA) is 77.1 Å². The van der Waals surface area contributed by atoms with Crippen LogP contribution in [0.15, 0.2) is 24.3 Å². The van der Waals surface area contributed by atoms with Crippen LogP contribution >= 0.6 is 11.3 Å². The van der Waals surface area contributed by atoms with Gasteiger partial charge in [0.1, 0.15) is 0 Å². The second kappa shape index (κ2) is 7.68. The summed E-state index contributed by atoms with van der Waals surface area (Å²) < 4.78 is 16.0. The third kappa shape index (κ3) is 3.70. The molecule has 152 valence electrons. The number of morpholine rings is 1. The van der Waals surface area contributed by atoms with E-state index < -0.39 is 0 Å². The molecule has 0 bridgehead atoms. The van der Waals surface area contributed by atoms with E-state index in [1.54, 1.807) is 23.5 Å². The number of benzene rings is 1. The Labute approximate surface area is 172 Å². The van der Waals surface area contributed by atoms with E-state index in [0.29, 0.717) is 49.9 Å². The molecular weight excluding hydrogens is 392 g/mol. The number of nitrogens with zero attached hydrogens (tertiary/aromatic N) is 1. The first-order chi connectivity index (χ1) is 14.2. The molecule has 3 aliphatic rings. The molecule has 3 heterocycles. The number of rotatable bonds is 3. The van der Waals surface area contributed by atoms with Gasteiger partial charge in [0.05, 0.1) is 18.1 Å². The lowest BCUT2D eigenvalue weighted by Gasteiger charge is -2.26. The first-order valence-corrected chi connectivity index (χ1v) is 10.7. The number of fused-ring (bicyclic) bond motifs is 2. The minimum Gasteiger partial charge on any atom is -0.454 e. The van der Waals surface area contributed by atoms with Crippen molar-refractivity contribution in [3.63, 3.8) is 0 Å². The lowest BCUT2D eigenvalue weighted by Crippen LogP contribution is -2.40. The van der Waals surface area contributed by atoms with Crippen LogP contribution in [-0.4, -0.2) is 49.8 Å². The minimum atomic E-state index is -0.103. The Hall–Kier alpha value is -2.58. The summed E-state index contributed by atoms with van der Waals surface area (Å²) in [5.41, 5.74) is 1.84. The molecule has 2 aromatic rings. The molecule has 1 atom stereocenters. The fourth-order valence-electron chi connectivity index (χ4n) is 3.99. The van der Waals surface area contributed by atoms with Crippen LogP contribution in [-0.2, 0) is 22.4 Å². The largest absolute Gasteiger partial charge is 0.454 e. The summed E-state index contributed by atoms with van der Waals surface area (Å²) in [7, 11) is 0. The second-order valence-corrected chi connectivity index (χ2v) is 8.60. The van der Waals surface area contributed by atoms with Crippen LogP contribution in [0.2, 0.25) is 0 Å². The highest BCUT2D eigenvalue weighted by molar-refractivity contribution is 7.14. The summed E-state index contributed by atoms with van der Waals surface area (Å²) in [6.45, 7) is 2.68. The quantitative estimate of drug-likeness (QED) is 0.836. The molecule has 8 heteroatoms. The van der Waals surface area contributed by atoms with Crippen molar-refractivity contribution in [2.24, 2.45) is 5.92 Å². The van der Waals surface area contributed by atoms with E-state index in [4.69, 9.17) is 14.2 Å². The number of nitrogens with one attached hydrogen (secondary N) is 1. The Morgan fingerprint density at radius 1 is 1.10 bits per heavy atom. The van der Waals surface area contributed by atoms with E-state index in [1.165, 1.54) is 4.88 Å². The van der Waals surface area contributed by atoms with E-state index in [1.807, 2.05) is 17.0 Å². The fraction of sp³-hybridized carbons (Fsp3) is 0.429. The number of carbonyl (C=O) groups excluding carboxylic acids is 2. The summed E-state index contributed by atoms with van der Waals surface area (Å²) in [5, 5.41) is 2.99. The normalized spacial score (nSPS) is 20.3. The van der Waals surface area contributed by atoms with Gasteiger partial charge in [-0.3, -0.25) is 9.59 Å². The van der Waals surface area contributed by atoms with Gasteiger partial charge in [0.15, 0.2) is 11.5 Å². The predicted molar refractivity (Wildman–Crippen MR) is 108 cm³/mol. The molecule has 1 saturated heterocycles. The molecule has 1 unspecified atom stereocenters. The SMILES string of the molecule is O=C(Nc1ccc2c(c1)OCO2)C1CCc2sc(C(=O)N3CCOCC3)cc2C1. The number of hydrogen-bond acceptors (Lipinski definition) is 6. The van der Waals surface area contributed by atoms with Gasteiger partial charge in [0.25, 0.3) is 5.91 Å². The number of thiophene rings is 1. The molecule has 0 saturated carbocycles. The number of aryl methyl sites for hydroxylation is 1. The lowest BCUT2D eigenvalue weighted by atomic mass is 9.87. The van der Waals surface area contributed by atoms with Crippen LogP contribution < -0.4 is 14.8 Å². The van der Waals surface area contributed by atoms with Gasteiger partial charge in [-0.05, 0) is 43.0 Å². The van der Waals surface area contributed by atoms with Gasteiger partial charge in [-0.25, -0.2) is 0 Å². The summed E-state index contributed by atoms with van der Waals surface area (Å²) >= 11 is 1.57. The first kappa shape index (κ1) is 18.4. The molecule has 1 aromatic heterocycles. The van der Waals surface area contributed by atoms with Crippen LogP contribution in [0, 0.1) is 5.92 Å². The third-order valence-electron chi connectivity index (χ3n) is 5.60.